The number of pyridine rings is 2. The highest BCUT2D eigenvalue weighted by atomic mass is 32.1. The highest BCUT2D eigenvalue weighted by molar-refractivity contribution is 7.19. The Bertz CT molecular complexity index is 1450. The molecule has 1 amide bonds. The van der Waals surface area contributed by atoms with Gasteiger partial charge in [-0.25, -0.2) is 9.78 Å². The summed E-state index contributed by atoms with van der Waals surface area (Å²) in [5.41, 5.74) is 6.12. The number of thiophene rings is 1. The minimum atomic E-state index is -4.60. The first-order valence-corrected chi connectivity index (χ1v) is 11.3. The Labute approximate surface area is 207 Å². The van der Waals surface area contributed by atoms with Crippen molar-refractivity contribution in [1.82, 2.24) is 15.3 Å². The number of rotatable bonds is 6. The quantitative estimate of drug-likeness (QED) is 0.276. The first kappa shape index (κ1) is 24.9. The molecule has 0 unspecified atom stereocenters. The maximum absolute atomic E-state index is 13.9. The van der Waals surface area contributed by atoms with Crippen LogP contribution in [0.2, 0.25) is 0 Å². The van der Waals surface area contributed by atoms with Crippen molar-refractivity contribution in [2.24, 2.45) is 0 Å². The Hall–Kier alpha value is -4.25. The number of hydrogen-bond donors (Lipinski definition) is 2. The Balaban J connectivity index is 1.57. The largest absolute Gasteiger partial charge is 0.465 e. The van der Waals surface area contributed by atoms with E-state index in [2.05, 4.69) is 20.0 Å². The third kappa shape index (κ3) is 5.69. The Morgan fingerprint density at radius 3 is 2.56 bits per heavy atom. The molecule has 4 rings (SSSR count). The zero-order valence-electron chi connectivity index (χ0n) is 18.8. The first-order valence-electron chi connectivity index (χ1n) is 10.5. The molecule has 0 saturated heterocycles. The molecule has 11 heteroatoms. The van der Waals surface area contributed by atoms with Gasteiger partial charge in [-0.15, -0.1) is 11.3 Å². The number of halogens is 3. The Morgan fingerprint density at radius 2 is 1.92 bits per heavy atom. The second-order valence-electron chi connectivity index (χ2n) is 7.64. The van der Waals surface area contributed by atoms with Crippen LogP contribution in [0.15, 0.2) is 60.9 Å². The number of ether oxygens (including phenoxy) is 1. The molecule has 0 radical (unpaired) electrons. The number of nitrogen functional groups attached to an aromatic ring is 1. The minimum absolute atomic E-state index is 0.0568. The summed E-state index contributed by atoms with van der Waals surface area (Å²) in [6.07, 6.45) is 1.03. The highest BCUT2D eigenvalue weighted by Crippen LogP contribution is 2.41. The summed E-state index contributed by atoms with van der Waals surface area (Å²) in [7, 11) is 1.23. The lowest BCUT2D eigenvalue weighted by atomic mass is 10.0. The number of aromatic nitrogens is 2. The molecule has 0 bridgehead atoms. The second kappa shape index (κ2) is 10.2. The minimum Gasteiger partial charge on any atom is -0.465 e. The number of amides is 1. The number of anilines is 1. The summed E-state index contributed by atoms with van der Waals surface area (Å²) < 4.78 is 46.3. The van der Waals surface area contributed by atoms with Crippen LogP contribution in [0, 0.1) is 0 Å². The molecule has 4 aromatic rings. The van der Waals surface area contributed by atoms with E-state index < -0.39 is 23.6 Å². The number of carbonyl (C=O) groups is 2. The predicted molar refractivity (Wildman–Crippen MR) is 131 cm³/mol. The average Bonchev–Trinajstić information content (AvgIpc) is 3.28. The SMILES string of the molecule is COC(=O)c1ccc(-c2cc(C(F)(F)F)c3sc(CNC(=O)/C=C/c4ccc(N)nc4)cc3c2)nc1. The van der Waals surface area contributed by atoms with Crippen molar-refractivity contribution in [2.45, 2.75) is 12.7 Å². The summed E-state index contributed by atoms with van der Waals surface area (Å²) in [5, 5.41) is 3.04. The molecule has 0 aliphatic heterocycles. The van der Waals surface area contributed by atoms with Crippen molar-refractivity contribution in [3.63, 3.8) is 0 Å². The molecule has 0 atom stereocenters. The van der Waals surface area contributed by atoms with Gasteiger partial charge in [-0.05, 0) is 59.5 Å². The smallest absolute Gasteiger partial charge is 0.417 e. The van der Waals surface area contributed by atoms with Crippen molar-refractivity contribution in [2.75, 3.05) is 12.8 Å². The molecule has 1 aromatic carbocycles. The summed E-state index contributed by atoms with van der Waals surface area (Å²) in [4.78, 5) is 32.4. The molecule has 3 heterocycles. The normalized spacial score (nSPS) is 11.7. The molecule has 36 heavy (non-hydrogen) atoms. The van der Waals surface area contributed by atoms with Gasteiger partial charge in [-0.2, -0.15) is 13.2 Å². The van der Waals surface area contributed by atoms with E-state index in [-0.39, 0.29) is 28.1 Å². The van der Waals surface area contributed by atoms with Crippen molar-refractivity contribution >= 4 is 45.2 Å². The van der Waals surface area contributed by atoms with Crippen molar-refractivity contribution in [3.05, 3.63) is 82.5 Å². The van der Waals surface area contributed by atoms with Crippen LogP contribution in [0.4, 0.5) is 19.0 Å². The number of alkyl halides is 3. The van der Waals surface area contributed by atoms with Gasteiger partial charge in [0.25, 0.3) is 0 Å². The molecule has 3 N–H and O–H groups in total. The fraction of sp³-hybridized carbons (Fsp3) is 0.120. The number of hydrogen-bond acceptors (Lipinski definition) is 7. The third-order valence-electron chi connectivity index (χ3n) is 5.13. The van der Waals surface area contributed by atoms with Gasteiger partial charge >= 0.3 is 12.1 Å². The summed E-state index contributed by atoms with van der Waals surface area (Å²) in [6, 6.07) is 10.4. The molecule has 0 aliphatic carbocycles. The third-order valence-corrected chi connectivity index (χ3v) is 6.31. The number of benzene rings is 1. The van der Waals surface area contributed by atoms with Crippen LogP contribution in [0.5, 0.6) is 0 Å². The summed E-state index contributed by atoms with van der Waals surface area (Å²) in [5.74, 6) is -0.641. The van der Waals surface area contributed by atoms with Crippen molar-refractivity contribution in [3.8, 4) is 11.3 Å². The van der Waals surface area contributed by atoms with E-state index in [1.165, 1.54) is 37.7 Å². The van der Waals surface area contributed by atoms with E-state index in [1.54, 1.807) is 30.3 Å². The predicted octanol–water partition coefficient (Wildman–Crippen LogP) is 5.08. The van der Waals surface area contributed by atoms with Crippen LogP contribution in [0.1, 0.15) is 26.4 Å². The topological polar surface area (TPSA) is 107 Å². The second-order valence-corrected chi connectivity index (χ2v) is 8.78. The fourth-order valence-corrected chi connectivity index (χ4v) is 4.49. The zero-order chi connectivity index (χ0) is 25.9. The summed E-state index contributed by atoms with van der Waals surface area (Å²) in [6.45, 7) is 0.0568. The van der Waals surface area contributed by atoms with Crippen LogP contribution in [0.25, 0.3) is 27.4 Å². The Morgan fingerprint density at radius 1 is 1.11 bits per heavy atom. The van der Waals surface area contributed by atoms with Gasteiger partial charge in [0.05, 0.1) is 30.5 Å². The van der Waals surface area contributed by atoms with E-state index in [0.717, 1.165) is 17.4 Å². The number of nitrogens with one attached hydrogen (secondary N) is 1. The molecule has 7 nitrogen and oxygen atoms in total. The van der Waals surface area contributed by atoms with E-state index in [0.29, 0.717) is 21.6 Å². The number of esters is 1. The van der Waals surface area contributed by atoms with E-state index in [4.69, 9.17) is 5.73 Å². The van der Waals surface area contributed by atoms with Crippen molar-refractivity contribution < 1.29 is 27.5 Å². The number of carbonyl (C=O) groups excluding carboxylic acids is 2. The maximum atomic E-state index is 13.9. The number of nitrogens with zero attached hydrogens (tertiary/aromatic N) is 2. The fourth-order valence-electron chi connectivity index (χ4n) is 3.38. The average molecular weight is 513 g/mol. The van der Waals surface area contributed by atoms with Crippen LogP contribution >= 0.6 is 11.3 Å². The first-order chi connectivity index (χ1) is 17.1. The van der Waals surface area contributed by atoms with Crippen LogP contribution in [-0.4, -0.2) is 29.0 Å². The lowest BCUT2D eigenvalue weighted by Crippen LogP contribution is -2.19. The molecular weight excluding hydrogens is 493 g/mol. The summed E-state index contributed by atoms with van der Waals surface area (Å²) >= 11 is 0.958. The number of methoxy groups -OCH3 is 1. The van der Waals surface area contributed by atoms with E-state index >= 15 is 0 Å². The van der Waals surface area contributed by atoms with Crippen LogP contribution < -0.4 is 11.1 Å². The van der Waals surface area contributed by atoms with Gasteiger partial charge in [-0.3, -0.25) is 9.78 Å². The molecule has 184 valence electrons. The molecule has 0 fully saturated rings. The molecule has 0 aliphatic rings. The van der Waals surface area contributed by atoms with Crippen molar-refractivity contribution in [1.29, 1.82) is 0 Å². The molecule has 0 saturated carbocycles. The van der Waals surface area contributed by atoms with Gasteiger partial charge < -0.3 is 15.8 Å². The standard InChI is InChI=1S/C25H19F3N4O3S/c1-35-24(34)15-4-5-20(30-12-15)16-8-17-9-18(36-23(17)19(10-16)25(26,27)28)13-32-22(33)7-3-14-2-6-21(29)31-11-14/h2-12H,13H2,1H3,(H2,29,31)(H,32,33)/b7-3+. The highest BCUT2D eigenvalue weighted by Gasteiger charge is 2.34. The molecule has 0 spiro atoms. The number of nitrogens with two attached hydrogens (primary N) is 1. The zero-order valence-corrected chi connectivity index (χ0v) is 19.6. The van der Waals surface area contributed by atoms with E-state index in [9.17, 15) is 22.8 Å². The van der Waals surface area contributed by atoms with Crippen LogP contribution in [0.3, 0.4) is 0 Å². The Kier molecular flexibility index (Phi) is 7.02. The van der Waals surface area contributed by atoms with Gasteiger partial charge in [-0.1, -0.05) is 0 Å². The van der Waals surface area contributed by atoms with Crippen LogP contribution in [-0.2, 0) is 22.3 Å². The molecule has 3 aromatic heterocycles. The number of fused-ring (bicyclic) bond motifs is 1. The van der Waals surface area contributed by atoms with Gasteiger partial charge in [0.2, 0.25) is 5.91 Å². The lowest BCUT2D eigenvalue weighted by molar-refractivity contribution is -0.136. The monoisotopic (exact) mass is 512 g/mol. The van der Waals surface area contributed by atoms with E-state index in [1.807, 2.05) is 0 Å². The van der Waals surface area contributed by atoms with Gasteiger partial charge in [0.15, 0.2) is 0 Å². The lowest BCUT2D eigenvalue weighted by Gasteiger charge is -2.11. The molecular formula is C25H19F3N4O3S. The maximum Gasteiger partial charge on any atom is 0.417 e. The van der Waals surface area contributed by atoms with Gasteiger partial charge in [0.1, 0.15) is 5.82 Å². The van der Waals surface area contributed by atoms with Gasteiger partial charge in [0, 0.05) is 33.6 Å².